The number of rotatable bonds is 5. The number of hydrogen-bond acceptors (Lipinski definition) is 8. The molecule has 0 bridgehead atoms. The average molecular weight is 442 g/mol. The smallest absolute Gasteiger partial charge is 0.350 e. The number of esters is 1. The number of pyridine rings is 1. The van der Waals surface area contributed by atoms with Crippen molar-refractivity contribution in [2.24, 2.45) is 0 Å². The third-order valence-corrected chi connectivity index (χ3v) is 6.51. The van der Waals surface area contributed by atoms with Crippen molar-refractivity contribution >= 4 is 33.2 Å². The lowest BCUT2D eigenvalue weighted by atomic mass is 9.91. The molecule has 0 aliphatic carbocycles. The van der Waals surface area contributed by atoms with Gasteiger partial charge in [0.1, 0.15) is 21.2 Å². The summed E-state index contributed by atoms with van der Waals surface area (Å²) in [5.41, 5.74) is 10.9. The van der Waals surface area contributed by atoms with Crippen LogP contribution in [0.4, 0.5) is 5.69 Å². The first kappa shape index (κ1) is 21.4. The number of methoxy groups -OCH3 is 2. The van der Waals surface area contributed by atoms with E-state index in [1.807, 2.05) is 32.0 Å². The lowest BCUT2D eigenvalue weighted by Crippen LogP contribution is -2.28. The van der Waals surface area contributed by atoms with Crippen LogP contribution in [0.5, 0.6) is 11.5 Å². The molecule has 7 nitrogen and oxygen atoms in total. The number of nitrogens with zero attached hydrogens (tertiary/aromatic N) is 2. The van der Waals surface area contributed by atoms with Crippen LogP contribution in [0.25, 0.3) is 21.3 Å². The number of hydrogen-bond donors (Lipinski definition) is 1. The van der Waals surface area contributed by atoms with Crippen molar-refractivity contribution in [2.75, 3.05) is 33.5 Å². The highest BCUT2D eigenvalue weighted by molar-refractivity contribution is 7.21. The number of anilines is 1. The number of nitrogen functional groups attached to an aromatic ring is 1. The van der Waals surface area contributed by atoms with Crippen LogP contribution < -0.4 is 15.2 Å². The Morgan fingerprint density at radius 3 is 2.71 bits per heavy atom. The van der Waals surface area contributed by atoms with E-state index in [0.29, 0.717) is 22.1 Å². The van der Waals surface area contributed by atoms with Crippen LogP contribution in [-0.4, -0.2) is 49.8 Å². The summed E-state index contributed by atoms with van der Waals surface area (Å²) in [5.74, 6) is 1.00. The standard InChI is InChI=1S/C23H27N3O4S/c1-12(2)30-23(27)21-20(24)19-18(14-10-13(28-4)6-7-17(14)29-5)15-11-26(3)9-8-16(15)25-22(19)31-21/h6-7,10,12H,8-9,11,24H2,1-5H3. The number of likely N-dealkylation sites (N-methyl/N-ethyl adjacent to an activating group) is 1. The molecule has 4 rings (SSSR count). The van der Waals surface area contributed by atoms with Gasteiger partial charge in [-0.25, -0.2) is 9.78 Å². The second-order valence-corrected chi connectivity index (χ2v) is 8.94. The van der Waals surface area contributed by atoms with E-state index in [0.717, 1.165) is 52.1 Å². The first-order chi connectivity index (χ1) is 14.8. The van der Waals surface area contributed by atoms with Gasteiger partial charge in [-0.15, -0.1) is 11.3 Å². The molecule has 1 aromatic carbocycles. The summed E-state index contributed by atoms with van der Waals surface area (Å²) in [6.07, 6.45) is 0.592. The number of fused-ring (bicyclic) bond motifs is 2. The van der Waals surface area contributed by atoms with Gasteiger partial charge in [-0.3, -0.25) is 0 Å². The van der Waals surface area contributed by atoms with Gasteiger partial charge in [0.2, 0.25) is 0 Å². The van der Waals surface area contributed by atoms with Gasteiger partial charge in [0.05, 0.1) is 26.0 Å². The van der Waals surface area contributed by atoms with Gasteiger partial charge in [0.25, 0.3) is 0 Å². The topological polar surface area (TPSA) is 86.9 Å². The second-order valence-electron chi connectivity index (χ2n) is 7.95. The molecule has 8 heteroatoms. The molecule has 31 heavy (non-hydrogen) atoms. The third kappa shape index (κ3) is 3.81. The molecule has 1 aliphatic heterocycles. The second kappa shape index (κ2) is 8.36. The van der Waals surface area contributed by atoms with Crippen LogP contribution >= 0.6 is 11.3 Å². The Hall–Kier alpha value is -2.84. The summed E-state index contributed by atoms with van der Waals surface area (Å²) < 4.78 is 16.6. The molecule has 2 aromatic heterocycles. The molecule has 0 spiro atoms. The monoisotopic (exact) mass is 441 g/mol. The van der Waals surface area contributed by atoms with E-state index in [2.05, 4.69) is 11.9 Å². The molecule has 3 aromatic rings. The van der Waals surface area contributed by atoms with Crippen LogP contribution in [0.15, 0.2) is 18.2 Å². The SMILES string of the molecule is COc1ccc(OC)c(-c2c3c(nc4sc(C(=O)OC(C)C)c(N)c24)CCN(C)C3)c1. The van der Waals surface area contributed by atoms with Gasteiger partial charge in [-0.2, -0.15) is 0 Å². The highest BCUT2D eigenvalue weighted by Gasteiger charge is 2.29. The molecule has 0 saturated heterocycles. The van der Waals surface area contributed by atoms with E-state index in [4.69, 9.17) is 24.9 Å². The summed E-state index contributed by atoms with van der Waals surface area (Å²) in [5, 5.41) is 0.765. The van der Waals surface area contributed by atoms with Crippen LogP contribution in [0, 0.1) is 0 Å². The van der Waals surface area contributed by atoms with Crippen molar-refractivity contribution in [1.29, 1.82) is 0 Å². The first-order valence-electron chi connectivity index (χ1n) is 10.2. The molecule has 0 unspecified atom stereocenters. The molecule has 0 atom stereocenters. The Morgan fingerprint density at radius 2 is 2.03 bits per heavy atom. The highest BCUT2D eigenvalue weighted by Crippen LogP contribution is 2.46. The van der Waals surface area contributed by atoms with Crippen molar-refractivity contribution in [1.82, 2.24) is 9.88 Å². The molecule has 164 valence electrons. The van der Waals surface area contributed by atoms with Crippen LogP contribution in [-0.2, 0) is 17.7 Å². The van der Waals surface area contributed by atoms with Crippen molar-refractivity contribution in [3.63, 3.8) is 0 Å². The zero-order chi connectivity index (χ0) is 22.3. The predicted octanol–water partition coefficient (Wildman–Crippen LogP) is 4.12. The van der Waals surface area contributed by atoms with Gasteiger partial charge in [0, 0.05) is 41.7 Å². The summed E-state index contributed by atoms with van der Waals surface area (Å²) >= 11 is 1.28. The number of benzene rings is 1. The summed E-state index contributed by atoms with van der Waals surface area (Å²) in [6, 6.07) is 5.70. The first-order valence-corrected chi connectivity index (χ1v) is 11.0. The Kier molecular flexibility index (Phi) is 5.77. The maximum Gasteiger partial charge on any atom is 0.350 e. The van der Waals surface area contributed by atoms with Gasteiger partial charge >= 0.3 is 5.97 Å². The fourth-order valence-corrected chi connectivity index (χ4v) is 4.99. The van der Waals surface area contributed by atoms with Crippen molar-refractivity contribution in [3.05, 3.63) is 34.3 Å². The van der Waals surface area contributed by atoms with Crippen LogP contribution in [0.2, 0.25) is 0 Å². The lowest BCUT2D eigenvalue weighted by Gasteiger charge is -2.27. The minimum atomic E-state index is -0.422. The molecule has 3 heterocycles. The van der Waals surface area contributed by atoms with E-state index in [1.54, 1.807) is 14.2 Å². The zero-order valence-corrected chi connectivity index (χ0v) is 19.3. The number of carbonyl (C=O) groups excluding carboxylic acids is 1. The van der Waals surface area contributed by atoms with E-state index in [1.165, 1.54) is 11.3 Å². The summed E-state index contributed by atoms with van der Waals surface area (Å²) in [4.78, 5) is 21.0. The number of aromatic nitrogens is 1. The third-order valence-electron chi connectivity index (χ3n) is 5.43. The fourth-order valence-electron chi connectivity index (χ4n) is 3.99. The maximum absolute atomic E-state index is 12.7. The Labute approximate surface area is 185 Å². The lowest BCUT2D eigenvalue weighted by molar-refractivity contribution is 0.0385. The molecule has 0 amide bonds. The van der Waals surface area contributed by atoms with E-state index < -0.39 is 5.97 Å². The Bertz CT molecular complexity index is 1160. The summed E-state index contributed by atoms with van der Waals surface area (Å²) in [6.45, 7) is 5.29. The Balaban J connectivity index is 2.06. The van der Waals surface area contributed by atoms with Crippen molar-refractivity contribution in [3.8, 4) is 22.6 Å². The highest BCUT2D eigenvalue weighted by atomic mass is 32.1. The molecule has 0 fully saturated rings. The van der Waals surface area contributed by atoms with Crippen molar-refractivity contribution in [2.45, 2.75) is 32.9 Å². The molecule has 0 saturated carbocycles. The minimum Gasteiger partial charge on any atom is -0.497 e. The normalized spacial score (nSPS) is 14.0. The fraction of sp³-hybridized carbons (Fsp3) is 0.391. The van der Waals surface area contributed by atoms with Crippen LogP contribution in [0.1, 0.15) is 34.8 Å². The largest absolute Gasteiger partial charge is 0.497 e. The van der Waals surface area contributed by atoms with Gasteiger partial charge in [-0.05, 0) is 44.7 Å². The maximum atomic E-state index is 12.7. The van der Waals surface area contributed by atoms with Crippen molar-refractivity contribution < 1.29 is 19.0 Å². The van der Waals surface area contributed by atoms with Gasteiger partial charge < -0.3 is 24.8 Å². The van der Waals surface area contributed by atoms with E-state index >= 15 is 0 Å². The molecular formula is C23H27N3O4S. The number of thiophene rings is 1. The molecule has 0 radical (unpaired) electrons. The Morgan fingerprint density at radius 1 is 1.26 bits per heavy atom. The number of carbonyl (C=O) groups is 1. The molecule has 2 N–H and O–H groups in total. The number of nitrogens with two attached hydrogens (primary N) is 1. The quantitative estimate of drug-likeness (QED) is 0.596. The molecule has 1 aliphatic rings. The molecular weight excluding hydrogens is 414 g/mol. The predicted molar refractivity (Wildman–Crippen MR) is 123 cm³/mol. The van der Waals surface area contributed by atoms with Crippen LogP contribution in [0.3, 0.4) is 0 Å². The van der Waals surface area contributed by atoms with Gasteiger partial charge in [-0.1, -0.05) is 0 Å². The van der Waals surface area contributed by atoms with E-state index in [-0.39, 0.29) is 6.10 Å². The number of ether oxygens (including phenoxy) is 3. The minimum absolute atomic E-state index is 0.232. The average Bonchev–Trinajstić information content (AvgIpc) is 3.07. The zero-order valence-electron chi connectivity index (χ0n) is 18.4. The van der Waals surface area contributed by atoms with Gasteiger partial charge in [0.15, 0.2) is 0 Å². The summed E-state index contributed by atoms with van der Waals surface area (Å²) in [7, 11) is 5.36. The van der Waals surface area contributed by atoms with E-state index in [9.17, 15) is 4.79 Å².